The van der Waals surface area contributed by atoms with Crippen LogP contribution in [0.2, 0.25) is 0 Å². The molecule has 0 aliphatic heterocycles. The number of nitrogens with zero attached hydrogens (tertiary/aromatic N) is 2. The molecule has 20 heavy (non-hydrogen) atoms. The SMILES string of the molecule is Cc1cn(-c2c(F)c(F)c(F)c(F)c2C(F)(F)F)cn1. The Morgan fingerprint density at radius 1 is 0.950 bits per heavy atom. The minimum absolute atomic E-state index is 0.183. The van der Waals surface area contributed by atoms with Gasteiger partial charge in [-0.1, -0.05) is 0 Å². The van der Waals surface area contributed by atoms with E-state index in [1.165, 1.54) is 6.92 Å². The lowest BCUT2D eigenvalue weighted by molar-refractivity contribution is -0.140. The van der Waals surface area contributed by atoms with Gasteiger partial charge >= 0.3 is 6.18 Å². The van der Waals surface area contributed by atoms with E-state index < -0.39 is 40.7 Å². The van der Waals surface area contributed by atoms with Crippen LogP contribution >= 0.6 is 0 Å². The minimum atomic E-state index is -5.41. The standard InChI is InChI=1S/C11H5F7N2/c1-4-2-20(3-19-4)10-5(11(16,17)18)6(12)7(13)8(14)9(10)15/h2-3H,1H3. The highest BCUT2D eigenvalue weighted by molar-refractivity contribution is 5.46. The average molecular weight is 298 g/mol. The third-order valence-corrected chi connectivity index (χ3v) is 2.50. The summed E-state index contributed by atoms with van der Waals surface area (Å²) in [4.78, 5) is 3.53. The summed E-state index contributed by atoms with van der Waals surface area (Å²) < 4.78 is 91.8. The Balaban J connectivity index is 2.91. The molecule has 108 valence electrons. The zero-order chi connectivity index (χ0) is 15.2. The Hall–Kier alpha value is -2.06. The third kappa shape index (κ3) is 2.12. The van der Waals surface area contributed by atoms with Crippen LogP contribution in [0.25, 0.3) is 5.69 Å². The molecule has 9 heteroatoms. The zero-order valence-electron chi connectivity index (χ0n) is 9.69. The second-order valence-electron chi connectivity index (χ2n) is 3.90. The maximum atomic E-state index is 13.6. The van der Waals surface area contributed by atoms with Gasteiger partial charge in [0.15, 0.2) is 23.3 Å². The maximum absolute atomic E-state index is 13.6. The van der Waals surface area contributed by atoms with Crippen LogP contribution in [-0.2, 0) is 6.18 Å². The van der Waals surface area contributed by atoms with Gasteiger partial charge in [-0.25, -0.2) is 22.5 Å². The highest BCUT2D eigenvalue weighted by Gasteiger charge is 2.42. The number of aryl methyl sites for hydroxylation is 1. The molecule has 0 amide bonds. The Morgan fingerprint density at radius 2 is 1.50 bits per heavy atom. The van der Waals surface area contributed by atoms with Crippen molar-refractivity contribution in [1.29, 1.82) is 0 Å². The maximum Gasteiger partial charge on any atom is 0.421 e. The van der Waals surface area contributed by atoms with E-state index in [2.05, 4.69) is 4.98 Å². The molecule has 2 nitrogen and oxygen atoms in total. The molecule has 0 atom stereocenters. The van der Waals surface area contributed by atoms with Gasteiger partial charge in [-0.3, -0.25) is 0 Å². The molecule has 0 saturated carbocycles. The van der Waals surface area contributed by atoms with Gasteiger partial charge in [0.05, 0.1) is 12.0 Å². The fraction of sp³-hybridized carbons (Fsp3) is 0.182. The van der Waals surface area contributed by atoms with Crippen LogP contribution in [0.5, 0.6) is 0 Å². The van der Waals surface area contributed by atoms with E-state index in [1.54, 1.807) is 0 Å². The first kappa shape index (κ1) is 14.4. The predicted molar refractivity (Wildman–Crippen MR) is 53.1 cm³/mol. The smallest absolute Gasteiger partial charge is 0.302 e. The molecule has 0 aliphatic carbocycles. The van der Waals surface area contributed by atoms with E-state index in [4.69, 9.17) is 0 Å². The highest BCUT2D eigenvalue weighted by atomic mass is 19.4. The fourth-order valence-corrected chi connectivity index (χ4v) is 1.66. The molecule has 0 fully saturated rings. The molecule has 0 aliphatic rings. The van der Waals surface area contributed by atoms with Crippen LogP contribution in [0.1, 0.15) is 11.3 Å². The predicted octanol–water partition coefficient (Wildman–Crippen LogP) is 3.76. The van der Waals surface area contributed by atoms with Crippen molar-refractivity contribution in [2.75, 3.05) is 0 Å². The first-order valence-electron chi connectivity index (χ1n) is 5.08. The van der Waals surface area contributed by atoms with Crippen LogP contribution in [0.3, 0.4) is 0 Å². The van der Waals surface area contributed by atoms with E-state index >= 15 is 0 Å². The van der Waals surface area contributed by atoms with Crippen LogP contribution in [0.4, 0.5) is 30.7 Å². The fourth-order valence-electron chi connectivity index (χ4n) is 1.66. The van der Waals surface area contributed by atoms with Crippen molar-refractivity contribution in [3.05, 3.63) is 47.1 Å². The van der Waals surface area contributed by atoms with E-state index in [0.717, 1.165) is 12.5 Å². The highest BCUT2D eigenvalue weighted by Crippen LogP contribution is 2.39. The molecule has 0 spiro atoms. The van der Waals surface area contributed by atoms with Gasteiger partial charge in [0, 0.05) is 6.20 Å². The molecule has 0 saturated heterocycles. The molecule has 1 heterocycles. The van der Waals surface area contributed by atoms with Crippen LogP contribution in [0.15, 0.2) is 12.5 Å². The number of aromatic nitrogens is 2. The largest absolute Gasteiger partial charge is 0.421 e. The van der Waals surface area contributed by atoms with Crippen LogP contribution in [0, 0.1) is 30.2 Å². The summed E-state index contributed by atoms with van der Waals surface area (Å²) in [6.07, 6.45) is -3.75. The topological polar surface area (TPSA) is 17.8 Å². The number of hydrogen-bond acceptors (Lipinski definition) is 1. The summed E-state index contributed by atoms with van der Waals surface area (Å²) >= 11 is 0. The summed E-state index contributed by atoms with van der Waals surface area (Å²) in [6.45, 7) is 1.37. The van der Waals surface area contributed by atoms with Crippen molar-refractivity contribution in [2.45, 2.75) is 13.1 Å². The van der Waals surface area contributed by atoms with Crippen molar-refractivity contribution < 1.29 is 30.7 Å². The zero-order valence-corrected chi connectivity index (χ0v) is 9.69. The first-order chi connectivity index (χ1) is 9.14. The monoisotopic (exact) mass is 298 g/mol. The summed E-state index contributed by atoms with van der Waals surface area (Å²) in [5.41, 5.74) is -3.52. The lowest BCUT2D eigenvalue weighted by atomic mass is 10.1. The van der Waals surface area contributed by atoms with Gasteiger partial charge in [-0.2, -0.15) is 13.2 Å². The van der Waals surface area contributed by atoms with E-state index in [0.29, 0.717) is 4.57 Å². The normalized spacial score (nSPS) is 12.0. The molecular formula is C11H5F7N2. The number of hydrogen-bond donors (Lipinski definition) is 0. The van der Waals surface area contributed by atoms with Gasteiger partial charge in [0.25, 0.3) is 0 Å². The summed E-state index contributed by atoms with van der Waals surface area (Å²) in [5.74, 6) is -9.49. The average Bonchev–Trinajstić information content (AvgIpc) is 2.75. The molecule has 1 aromatic heterocycles. The van der Waals surface area contributed by atoms with Crippen molar-refractivity contribution in [2.24, 2.45) is 0 Å². The van der Waals surface area contributed by atoms with E-state index in [9.17, 15) is 30.7 Å². The lowest BCUT2D eigenvalue weighted by Crippen LogP contribution is -2.18. The molecular weight excluding hydrogens is 293 g/mol. The van der Waals surface area contributed by atoms with Gasteiger partial charge in [0.1, 0.15) is 11.3 Å². The minimum Gasteiger partial charge on any atom is -0.302 e. The van der Waals surface area contributed by atoms with Crippen molar-refractivity contribution in [3.63, 3.8) is 0 Å². The summed E-state index contributed by atoms with van der Waals surface area (Å²) in [5, 5.41) is 0. The molecule has 0 unspecified atom stereocenters. The Labute approximate surface area is 107 Å². The Bertz CT molecular complexity index is 672. The number of benzene rings is 1. The van der Waals surface area contributed by atoms with Crippen molar-refractivity contribution in [1.82, 2.24) is 9.55 Å². The van der Waals surface area contributed by atoms with E-state index in [-0.39, 0.29) is 5.69 Å². The van der Waals surface area contributed by atoms with Crippen LogP contribution in [-0.4, -0.2) is 9.55 Å². The van der Waals surface area contributed by atoms with Crippen LogP contribution < -0.4 is 0 Å². The van der Waals surface area contributed by atoms with Gasteiger partial charge in [0.2, 0.25) is 0 Å². The van der Waals surface area contributed by atoms with Gasteiger partial charge < -0.3 is 4.57 Å². The molecule has 0 N–H and O–H groups in total. The molecule has 0 radical (unpaired) electrons. The number of alkyl halides is 3. The van der Waals surface area contributed by atoms with Crippen molar-refractivity contribution in [3.8, 4) is 5.69 Å². The number of imidazole rings is 1. The Kier molecular flexibility index (Phi) is 3.23. The number of halogens is 7. The van der Waals surface area contributed by atoms with Gasteiger partial charge in [-0.05, 0) is 6.92 Å². The quantitative estimate of drug-likeness (QED) is 0.445. The number of rotatable bonds is 1. The summed E-state index contributed by atoms with van der Waals surface area (Å²) in [7, 11) is 0. The second kappa shape index (κ2) is 4.50. The second-order valence-corrected chi connectivity index (χ2v) is 3.90. The van der Waals surface area contributed by atoms with Crippen molar-refractivity contribution >= 4 is 0 Å². The third-order valence-electron chi connectivity index (χ3n) is 2.50. The summed E-state index contributed by atoms with van der Waals surface area (Å²) in [6, 6.07) is 0. The molecule has 2 aromatic rings. The molecule has 2 rings (SSSR count). The van der Waals surface area contributed by atoms with Gasteiger partial charge in [-0.15, -0.1) is 0 Å². The first-order valence-corrected chi connectivity index (χ1v) is 5.08. The lowest BCUT2D eigenvalue weighted by Gasteiger charge is -2.16. The molecule has 1 aromatic carbocycles. The Morgan fingerprint density at radius 3 is 1.95 bits per heavy atom. The molecule has 0 bridgehead atoms. The van der Waals surface area contributed by atoms with E-state index in [1.807, 2.05) is 0 Å².